The van der Waals surface area contributed by atoms with E-state index in [0.29, 0.717) is 29.4 Å². The Morgan fingerprint density at radius 1 is 1.00 bits per heavy atom. The Kier molecular flexibility index (Phi) is 5.84. The fourth-order valence-electron chi connectivity index (χ4n) is 3.00. The minimum absolute atomic E-state index is 0.0466. The number of carbonyl (C=O) groups excluding carboxylic acids is 1. The normalized spacial score (nSPS) is 15.4. The molecule has 0 bridgehead atoms. The van der Waals surface area contributed by atoms with Gasteiger partial charge >= 0.3 is 0 Å². The van der Waals surface area contributed by atoms with Gasteiger partial charge in [0.25, 0.3) is 5.91 Å². The van der Waals surface area contributed by atoms with Gasteiger partial charge in [-0.25, -0.2) is 0 Å². The number of amides is 1. The maximum absolute atomic E-state index is 12.6. The van der Waals surface area contributed by atoms with Crippen molar-refractivity contribution in [2.75, 3.05) is 38.5 Å². The molecular formula is C19H21Cl2N3O. The summed E-state index contributed by atoms with van der Waals surface area (Å²) in [6.07, 6.45) is 0.978. The maximum Gasteiger partial charge on any atom is 0.255 e. The number of halogens is 2. The minimum atomic E-state index is -0.0466. The third-order valence-electron chi connectivity index (χ3n) is 4.55. The molecular weight excluding hydrogens is 357 g/mol. The largest absolute Gasteiger partial charge is 0.398 e. The molecule has 0 radical (unpaired) electrons. The van der Waals surface area contributed by atoms with Crippen LogP contribution in [0.3, 0.4) is 0 Å². The molecule has 0 saturated carbocycles. The predicted octanol–water partition coefficient (Wildman–Crippen LogP) is 3.58. The average Bonchev–Trinajstić information content (AvgIpc) is 2.63. The van der Waals surface area contributed by atoms with Gasteiger partial charge in [-0.15, -0.1) is 0 Å². The Balaban J connectivity index is 1.52. The number of hydrogen-bond acceptors (Lipinski definition) is 3. The second-order valence-corrected chi connectivity index (χ2v) is 7.03. The molecule has 1 fully saturated rings. The number of carbonyl (C=O) groups is 1. The molecule has 1 heterocycles. The Morgan fingerprint density at radius 2 is 1.68 bits per heavy atom. The van der Waals surface area contributed by atoms with Gasteiger partial charge in [0.2, 0.25) is 0 Å². The number of nitrogens with two attached hydrogens (primary N) is 1. The Bertz CT molecular complexity index is 741. The van der Waals surface area contributed by atoms with Gasteiger partial charge in [0.15, 0.2) is 0 Å². The third kappa shape index (κ3) is 4.46. The zero-order chi connectivity index (χ0) is 17.8. The van der Waals surface area contributed by atoms with Crippen molar-refractivity contribution in [3.05, 3.63) is 63.6 Å². The first-order valence-electron chi connectivity index (χ1n) is 8.34. The maximum atomic E-state index is 12.6. The molecule has 0 atom stereocenters. The first kappa shape index (κ1) is 18.1. The van der Waals surface area contributed by atoms with Crippen LogP contribution < -0.4 is 5.73 Å². The van der Waals surface area contributed by atoms with E-state index in [9.17, 15) is 4.79 Å². The lowest BCUT2D eigenvalue weighted by molar-refractivity contribution is 0.0639. The van der Waals surface area contributed by atoms with E-state index >= 15 is 0 Å². The van der Waals surface area contributed by atoms with Crippen LogP contribution in [0.2, 0.25) is 10.0 Å². The minimum Gasteiger partial charge on any atom is -0.398 e. The number of benzene rings is 2. The lowest BCUT2D eigenvalue weighted by Crippen LogP contribution is -2.49. The lowest BCUT2D eigenvalue weighted by atomic mass is 10.1. The fraction of sp³-hybridized carbons (Fsp3) is 0.316. The van der Waals surface area contributed by atoms with Gasteiger partial charge in [0, 0.05) is 37.7 Å². The van der Waals surface area contributed by atoms with E-state index in [1.807, 2.05) is 17.0 Å². The summed E-state index contributed by atoms with van der Waals surface area (Å²) >= 11 is 12.1. The topological polar surface area (TPSA) is 49.6 Å². The van der Waals surface area contributed by atoms with E-state index in [0.717, 1.165) is 31.1 Å². The summed E-state index contributed by atoms with van der Waals surface area (Å²) in [6, 6.07) is 13.2. The predicted molar refractivity (Wildman–Crippen MR) is 103 cm³/mol. The van der Waals surface area contributed by atoms with Gasteiger partial charge in [0.05, 0.1) is 16.3 Å². The van der Waals surface area contributed by atoms with Crippen LogP contribution in [0.5, 0.6) is 0 Å². The van der Waals surface area contributed by atoms with Crippen LogP contribution in [0.1, 0.15) is 15.9 Å². The average molecular weight is 378 g/mol. The summed E-state index contributed by atoms with van der Waals surface area (Å²) in [5.41, 5.74) is 7.99. The third-order valence-corrected chi connectivity index (χ3v) is 5.22. The quantitative estimate of drug-likeness (QED) is 0.828. The van der Waals surface area contributed by atoms with Crippen molar-refractivity contribution in [2.45, 2.75) is 6.42 Å². The zero-order valence-electron chi connectivity index (χ0n) is 13.9. The van der Waals surface area contributed by atoms with Gasteiger partial charge in [-0.2, -0.15) is 0 Å². The van der Waals surface area contributed by atoms with Crippen molar-refractivity contribution < 1.29 is 4.79 Å². The molecule has 1 saturated heterocycles. The van der Waals surface area contributed by atoms with Crippen LogP contribution in [-0.4, -0.2) is 48.4 Å². The van der Waals surface area contributed by atoms with Crippen molar-refractivity contribution >= 4 is 34.8 Å². The number of rotatable bonds is 4. The van der Waals surface area contributed by atoms with E-state index in [4.69, 9.17) is 28.9 Å². The highest BCUT2D eigenvalue weighted by Crippen LogP contribution is 2.24. The molecule has 2 aromatic rings. The van der Waals surface area contributed by atoms with E-state index in [1.165, 1.54) is 5.56 Å². The number of anilines is 1. The highest BCUT2D eigenvalue weighted by molar-refractivity contribution is 6.36. The summed E-state index contributed by atoms with van der Waals surface area (Å²) < 4.78 is 0. The van der Waals surface area contributed by atoms with Gasteiger partial charge in [-0.05, 0) is 36.2 Å². The summed E-state index contributed by atoms with van der Waals surface area (Å²) in [6.45, 7) is 4.09. The zero-order valence-corrected chi connectivity index (χ0v) is 15.4. The Morgan fingerprint density at radius 3 is 2.36 bits per heavy atom. The molecule has 0 aliphatic carbocycles. The molecule has 1 amide bonds. The van der Waals surface area contributed by atoms with E-state index in [2.05, 4.69) is 17.0 Å². The summed E-state index contributed by atoms with van der Waals surface area (Å²) in [7, 11) is 0. The molecule has 6 heteroatoms. The highest BCUT2D eigenvalue weighted by atomic mass is 35.5. The number of nitrogen functional groups attached to an aromatic ring is 1. The van der Waals surface area contributed by atoms with Gasteiger partial charge in [0.1, 0.15) is 0 Å². The van der Waals surface area contributed by atoms with Crippen molar-refractivity contribution in [2.24, 2.45) is 0 Å². The number of nitrogens with zero attached hydrogens (tertiary/aromatic N) is 2. The van der Waals surface area contributed by atoms with E-state index < -0.39 is 0 Å². The SMILES string of the molecule is Nc1cccc(C(=O)N2CCN(CCc3ccc(Cl)cc3)CC2)c1Cl. The molecule has 132 valence electrons. The first-order chi connectivity index (χ1) is 12.0. The van der Waals surface area contributed by atoms with Crippen LogP contribution in [0.4, 0.5) is 5.69 Å². The van der Waals surface area contributed by atoms with Crippen molar-refractivity contribution in [1.29, 1.82) is 0 Å². The molecule has 0 unspecified atom stereocenters. The molecule has 4 nitrogen and oxygen atoms in total. The fourth-order valence-corrected chi connectivity index (χ4v) is 3.33. The molecule has 0 aromatic heterocycles. The summed E-state index contributed by atoms with van der Waals surface area (Å²) in [5.74, 6) is -0.0466. The van der Waals surface area contributed by atoms with Crippen LogP contribution in [0.15, 0.2) is 42.5 Å². The summed E-state index contributed by atoms with van der Waals surface area (Å²) in [5, 5.41) is 1.11. The Hall–Kier alpha value is -1.75. The molecule has 0 spiro atoms. The van der Waals surface area contributed by atoms with Crippen molar-refractivity contribution in [1.82, 2.24) is 9.80 Å². The van der Waals surface area contributed by atoms with Crippen LogP contribution in [-0.2, 0) is 6.42 Å². The standard InChI is InChI=1S/C19H21Cl2N3O/c20-15-6-4-14(5-7-15)8-9-23-10-12-24(13-11-23)19(25)16-2-1-3-17(22)18(16)21/h1-7H,8-13,22H2. The lowest BCUT2D eigenvalue weighted by Gasteiger charge is -2.35. The molecule has 2 N–H and O–H groups in total. The number of piperazine rings is 1. The molecule has 1 aliphatic rings. The monoisotopic (exact) mass is 377 g/mol. The molecule has 1 aliphatic heterocycles. The second-order valence-electron chi connectivity index (χ2n) is 6.22. The van der Waals surface area contributed by atoms with Crippen LogP contribution in [0.25, 0.3) is 0 Å². The molecule has 2 aromatic carbocycles. The first-order valence-corrected chi connectivity index (χ1v) is 9.10. The second kappa shape index (κ2) is 8.09. The van der Waals surface area contributed by atoms with E-state index in [-0.39, 0.29) is 5.91 Å². The summed E-state index contributed by atoms with van der Waals surface area (Å²) in [4.78, 5) is 16.9. The van der Waals surface area contributed by atoms with E-state index in [1.54, 1.807) is 18.2 Å². The van der Waals surface area contributed by atoms with Crippen LogP contribution in [0, 0.1) is 0 Å². The molecule has 3 rings (SSSR count). The highest BCUT2D eigenvalue weighted by Gasteiger charge is 2.23. The number of hydrogen-bond donors (Lipinski definition) is 1. The molecule has 25 heavy (non-hydrogen) atoms. The van der Waals surface area contributed by atoms with Crippen molar-refractivity contribution in [3.8, 4) is 0 Å². The van der Waals surface area contributed by atoms with Gasteiger partial charge in [-0.1, -0.05) is 41.4 Å². The van der Waals surface area contributed by atoms with Crippen LogP contribution >= 0.6 is 23.2 Å². The Labute approximate surface area is 158 Å². The van der Waals surface area contributed by atoms with Gasteiger partial charge in [-0.3, -0.25) is 9.69 Å². The van der Waals surface area contributed by atoms with Gasteiger partial charge < -0.3 is 10.6 Å². The van der Waals surface area contributed by atoms with Crippen molar-refractivity contribution in [3.63, 3.8) is 0 Å². The smallest absolute Gasteiger partial charge is 0.255 e.